The molecule has 1 saturated heterocycles. The number of carbonyl (C=O) groups is 1. The van der Waals surface area contributed by atoms with E-state index in [0.717, 1.165) is 37.7 Å². The van der Waals surface area contributed by atoms with Crippen molar-refractivity contribution >= 4 is 11.7 Å². The van der Waals surface area contributed by atoms with E-state index in [1.165, 1.54) is 0 Å². The molecule has 7 heteroatoms. The fourth-order valence-corrected chi connectivity index (χ4v) is 2.43. The summed E-state index contributed by atoms with van der Waals surface area (Å²) in [5, 5.41) is 16.0. The van der Waals surface area contributed by atoms with Crippen LogP contribution in [0.2, 0.25) is 0 Å². The number of aliphatic hydroxyl groups is 1. The Morgan fingerprint density at radius 3 is 2.55 bits per heavy atom. The zero-order valence-electron chi connectivity index (χ0n) is 12.2. The van der Waals surface area contributed by atoms with E-state index in [1.54, 1.807) is 4.68 Å². The summed E-state index contributed by atoms with van der Waals surface area (Å²) in [6.45, 7) is 6.73. The van der Waals surface area contributed by atoms with E-state index in [9.17, 15) is 4.79 Å². The summed E-state index contributed by atoms with van der Waals surface area (Å²) in [4.78, 5) is 16.3. The van der Waals surface area contributed by atoms with Crippen LogP contribution in [0.5, 0.6) is 0 Å². The van der Waals surface area contributed by atoms with Crippen molar-refractivity contribution in [2.45, 2.75) is 6.92 Å². The number of aryl methyl sites for hydroxylation is 2. The summed E-state index contributed by atoms with van der Waals surface area (Å²) in [6.07, 6.45) is 0. The molecule has 0 unspecified atom stereocenters. The first-order valence-corrected chi connectivity index (χ1v) is 6.94. The molecule has 0 radical (unpaired) electrons. The van der Waals surface area contributed by atoms with Crippen LogP contribution >= 0.6 is 0 Å². The molecule has 2 rings (SSSR count). The van der Waals surface area contributed by atoms with Crippen molar-refractivity contribution in [2.24, 2.45) is 7.05 Å². The Morgan fingerprint density at radius 2 is 2.00 bits per heavy atom. The van der Waals surface area contributed by atoms with Crippen molar-refractivity contribution in [2.75, 3.05) is 51.2 Å². The third-order valence-electron chi connectivity index (χ3n) is 3.52. The second-order valence-corrected chi connectivity index (χ2v) is 5.18. The zero-order chi connectivity index (χ0) is 14.5. The number of nitrogens with zero attached hydrogens (tertiary/aromatic N) is 4. The van der Waals surface area contributed by atoms with E-state index in [0.29, 0.717) is 13.1 Å². The topological polar surface area (TPSA) is 73.6 Å². The van der Waals surface area contributed by atoms with Gasteiger partial charge in [0.1, 0.15) is 5.82 Å². The number of hydrogen-bond acceptors (Lipinski definition) is 5. The molecule has 1 aromatic heterocycles. The lowest BCUT2D eigenvalue weighted by Crippen LogP contribution is -2.49. The van der Waals surface area contributed by atoms with Gasteiger partial charge in [-0.3, -0.25) is 19.3 Å². The van der Waals surface area contributed by atoms with E-state index >= 15 is 0 Å². The fraction of sp³-hybridized carbons (Fsp3) is 0.692. The van der Waals surface area contributed by atoms with Crippen LogP contribution in [0.25, 0.3) is 0 Å². The summed E-state index contributed by atoms with van der Waals surface area (Å²) in [5.74, 6) is 0.718. The van der Waals surface area contributed by atoms with Gasteiger partial charge in [0, 0.05) is 45.8 Å². The highest BCUT2D eigenvalue weighted by Gasteiger charge is 2.18. The molecule has 0 aliphatic carbocycles. The van der Waals surface area contributed by atoms with Gasteiger partial charge in [-0.1, -0.05) is 0 Å². The van der Waals surface area contributed by atoms with Gasteiger partial charge in [0.25, 0.3) is 0 Å². The minimum Gasteiger partial charge on any atom is -0.395 e. The number of nitrogens with one attached hydrogen (secondary N) is 1. The van der Waals surface area contributed by atoms with E-state index in [4.69, 9.17) is 5.11 Å². The highest BCUT2D eigenvalue weighted by Crippen LogP contribution is 2.08. The molecule has 0 bridgehead atoms. The Labute approximate surface area is 119 Å². The number of carbonyl (C=O) groups excluding carboxylic acids is 1. The molecule has 2 N–H and O–H groups in total. The van der Waals surface area contributed by atoms with E-state index < -0.39 is 0 Å². The lowest BCUT2D eigenvalue weighted by atomic mass is 10.3. The first-order valence-electron chi connectivity index (χ1n) is 6.94. The molecule has 0 saturated carbocycles. The predicted octanol–water partition coefficient (Wildman–Crippen LogP) is -0.723. The average Bonchev–Trinajstić information content (AvgIpc) is 2.70. The minimum absolute atomic E-state index is 0.0105. The van der Waals surface area contributed by atoms with Crippen LogP contribution in [0.4, 0.5) is 5.82 Å². The van der Waals surface area contributed by atoms with Gasteiger partial charge in [0.15, 0.2) is 0 Å². The predicted molar refractivity (Wildman–Crippen MR) is 76.5 cm³/mol. The number of aliphatic hydroxyl groups excluding tert-OH is 1. The third-order valence-corrected chi connectivity index (χ3v) is 3.52. The van der Waals surface area contributed by atoms with Crippen molar-refractivity contribution in [3.05, 3.63) is 11.8 Å². The summed E-state index contributed by atoms with van der Waals surface area (Å²) in [7, 11) is 1.82. The number of amides is 1. The van der Waals surface area contributed by atoms with Gasteiger partial charge >= 0.3 is 0 Å². The highest BCUT2D eigenvalue weighted by atomic mass is 16.3. The van der Waals surface area contributed by atoms with Crippen LogP contribution in [0, 0.1) is 6.92 Å². The molecule has 1 fully saturated rings. The Morgan fingerprint density at radius 1 is 1.35 bits per heavy atom. The van der Waals surface area contributed by atoms with Crippen LogP contribution in [-0.2, 0) is 11.8 Å². The van der Waals surface area contributed by atoms with Gasteiger partial charge in [-0.05, 0) is 6.92 Å². The van der Waals surface area contributed by atoms with E-state index in [2.05, 4.69) is 20.2 Å². The van der Waals surface area contributed by atoms with Crippen molar-refractivity contribution in [3.8, 4) is 0 Å². The van der Waals surface area contributed by atoms with E-state index in [-0.39, 0.29) is 12.5 Å². The molecule has 2 heterocycles. The average molecular weight is 281 g/mol. The minimum atomic E-state index is -0.0105. The molecule has 112 valence electrons. The molecular weight excluding hydrogens is 258 g/mol. The number of hydrogen-bond donors (Lipinski definition) is 2. The smallest absolute Gasteiger partial charge is 0.239 e. The quantitative estimate of drug-likeness (QED) is 0.745. The van der Waals surface area contributed by atoms with Crippen LogP contribution < -0.4 is 5.32 Å². The maximum Gasteiger partial charge on any atom is 0.239 e. The van der Waals surface area contributed by atoms with Crippen LogP contribution in [0.1, 0.15) is 5.69 Å². The second kappa shape index (κ2) is 6.83. The third kappa shape index (κ3) is 4.03. The Bertz CT molecular complexity index is 452. The van der Waals surface area contributed by atoms with Crippen molar-refractivity contribution in [1.29, 1.82) is 0 Å². The molecule has 0 aromatic carbocycles. The monoisotopic (exact) mass is 281 g/mol. The number of β-amino-alcohol motifs (C(OH)–C–C–N with tert-alkyl or cyclic N) is 1. The van der Waals surface area contributed by atoms with Gasteiger partial charge in [-0.25, -0.2) is 0 Å². The number of anilines is 1. The molecule has 0 atom stereocenters. The molecule has 20 heavy (non-hydrogen) atoms. The SMILES string of the molecule is Cc1cc(NC(=O)CN2CCN(CCO)CC2)n(C)n1. The fourth-order valence-electron chi connectivity index (χ4n) is 2.43. The van der Waals surface area contributed by atoms with Gasteiger partial charge < -0.3 is 10.4 Å². The highest BCUT2D eigenvalue weighted by molar-refractivity contribution is 5.91. The van der Waals surface area contributed by atoms with Crippen LogP contribution in [0.3, 0.4) is 0 Å². The molecule has 0 spiro atoms. The van der Waals surface area contributed by atoms with Gasteiger partial charge in [-0.15, -0.1) is 0 Å². The number of aromatic nitrogens is 2. The summed E-state index contributed by atoms with van der Waals surface area (Å²) in [5.41, 5.74) is 0.889. The normalized spacial score (nSPS) is 17.4. The Hall–Kier alpha value is -1.44. The molecule has 1 aromatic rings. The number of piperazine rings is 1. The number of rotatable bonds is 5. The van der Waals surface area contributed by atoms with Gasteiger partial charge in [0.2, 0.25) is 5.91 Å². The lowest BCUT2D eigenvalue weighted by molar-refractivity contribution is -0.117. The molecule has 1 amide bonds. The van der Waals surface area contributed by atoms with Gasteiger partial charge in [0.05, 0.1) is 18.8 Å². The first-order chi connectivity index (χ1) is 9.58. The summed E-state index contributed by atoms with van der Waals surface area (Å²) < 4.78 is 1.67. The first kappa shape index (κ1) is 15.0. The summed E-state index contributed by atoms with van der Waals surface area (Å²) >= 11 is 0. The van der Waals surface area contributed by atoms with Crippen molar-refractivity contribution in [3.63, 3.8) is 0 Å². The second-order valence-electron chi connectivity index (χ2n) is 5.18. The van der Waals surface area contributed by atoms with Crippen molar-refractivity contribution < 1.29 is 9.90 Å². The maximum atomic E-state index is 12.0. The maximum absolute atomic E-state index is 12.0. The van der Waals surface area contributed by atoms with E-state index in [1.807, 2.05) is 20.0 Å². The Kier molecular flexibility index (Phi) is 5.11. The molecule has 7 nitrogen and oxygen atoms in total. The standard InChI is InChI=1S/C13H23N5O2/c1-11-9-12(16(2)15-11)14-13(20)10-18-5-3-17(4-6-18)7-8-19/h9,19H,3-8,10H2,1-2H3,(H,14,20). The van der Waals surface area contributed by atoms with Crippen molar-refractivity contribution in [1.82, 2.24) is 19.6 Å². The summed E-state index contributed by atoms with van der Waals surface area (Å²) in [6, 6.07) is 1.86. The largest absolute Gasteiger partial charge is 0.395 e. The zero-order valence-corrected chi connectivity index (χ0v) is 12.2. The molecular formula is C13H23N5O2. The molecule has 1 aliphatic rings. The Balaban J connectivity index is 1.77. The van der Waals surface area contributed by atoms with Gasteiger partial charge in [-0.2, -0.15) is 5.10 Å². The molecule has 1 aliphatic heterocycles. The lowest BCUT2D eigenvalue weighted by Gasteiger charge is -2.33. The van der Waals surface area contributed by atoms with Crippen LogP contribution in [0.15, 0.2) is 6.07 Å². The van der Waals surface area contributed by atoms with Crippen LogP contribution in [-0.4, -0.2) is 76.5 Å².